The Morgan fingerprint density at radius 2 is 1.51 bits per heavy atom. The Kier molecular flexibility index (Phi) is 9.58. The molecule has 3 amide bonds. The van der Waals surface area contributed by atoms with E-state index in [0.717, 1.165) is 10.8 Å². The number of nitrogens with one attached hydrogen (secondary N) is 3. The molecule has 0 fully saturated rings. The van der Waals surface area contributed by atoms with E-state index < -0.39 is 60.5 Å². The van der Waals surface area contributed by atoms with Crippen molar-refractivity contribution in [1.29, 1.82) is 0 Å². The van der Waals surface area contributed by atoms with Gasteiger partial charge in [0.05, 0.1) is 6.42 Å². The largest absolute Gasteiger partial charge is 0.508 e. The highest BCUT2D eigenvalue weighted by Crippen LogP contribution is 2.23. The van der Waals surface area contributed by atoms with Crippen LogP contribution in [0.5, 0.6) is 11.5 Å². The number of Topliss-reactive ketones (excluding diaryl/α,β-unsaturated/α-hetero) is 1. The number of phenolic OH excluding ortho intramolecular Hbond substituents is 1. The van der Waals surface area contributed by atoms with Crippen LogP contribution in [0.15, 0.2) is 66.7 Å². The van der Waals surface area contributed by atoms with E-state index in [1.165, 1.54) is 24.3 Å². The summed E-state index contributed by atoms with van der Waals surface area (Å²) in [5.41, 5.74) is 0.416. The molecule has 11 nitrogen and oxygen atoms in total. The normalized spacial score (nSPS) is 12.3. The number of carbonyl (C=O) groups is 5. The zero-order chi connectivity index (χ0) is 28.5. The summed E-state index contributed by atoms with van der Waals surface area (Å²) >= 11 is 0. The van der Waals surface area contributed by atoms with E-state index in [-0.39, 0.29) is 11.5 Å². The third-order valence-corrected chi connectivity index (χ3v) is 5.78. The third kappa shape index (κ3) is 8.03. The Bertz CT molecular complexity index is 1370. The molecule has 5 N–H and O–H groups in total. The molecule has 0 saturated heterocycles. The lowest BCUT2D eigenvalue weighted by molar-refractivity contribution is -0.141. The van der Waals surface area contributed by atoms with Crippen LogP contribution in [0.2, 0.25) is 0 Å². The van der Waals surface area contributed by atoms with Crippen molar-refractivity contribution in [2.45, 2.75) is 32.4 Å². The number of ketones is 1. The molecule has 3 aromatic carbocycles. The molecule has 11 heteroatoms. The molecule has 204 valence electrons. The minimum atomic E-state index is -1.45. The second kappa shape index (κ2) is 13.0. The van der Waals surface area contributed by atoms with Crippen molar-refractivity contribution in [3.63, 3.8) is 0 Å². The predicted octanol–water partition coefficient (Wildman–Crippen LogP) is 2.23. The average Bonchev–Trinajstić information content (AvgIpc) is 2.90. The quantitative estimate of drug-likeness (QED) is 0.233. The summed E-state index contributed by atoms with van der Waals surface area (Å²) in [5, 5.41) is 27.4. The molecule has 0 radical (unpaired) electrons. The van der Waals surface area contributed by atoms with Gasteiger partial charge < -0.3 is 30.9 Å². The van der Waals surface area contributed by atoms with Gasteiger partial charge in [-0.25, -0.2) is 0 Å². The molecular formula is C28H29N3O8. The van der Waals surface area contributed by atoms with Gasteiger partial charge in [0.25, 0.3) is 0 Å². The number of aromatic hydroxyl groups is 1. The first-order valence-corrected chi connectivity index (χ1v) is 12.1. The number of benzene rings is 3. The van der Waals surface area contributed by atoms with E-state index in [1.54, 1.807) is 38.1 Å². The number of carboxylic acid groups (broad SMARTS) is 1. The molecule has 0 aromatic heterocycles. The molecular weight excluding hydrogens is 506 g/mol. The molecule has 0 unspecified atom stereocenters. The number of hydrogen-bond donors (Lipinski definition) is 5. The lowest BCUT2D eigenvalue weighted by atomic mass is 10.0. The van der Waals surface area contributed by atoms with E-state index in [2.05, 4.69) is 16.0 Å². The fourth-order valence-electron chi connectivity index (χ4n) is 3.73. The number of carbonyl (C=O) groups excluding carboxylic acids is 4. The van der Waals surface area contributed by atoms with E-state index >= 15 is 0 Å². The second-order valence-electron chi connectivity index (χ2n) is 9.08. The van der Waals surface area contributed by atoms with Crippen molar-refractivity contribution in [1.82, 2.24) is 10.6 Å². The first kappa shape index (κ1) is 28.6. The standard InChI is InChI=1S/C28H29N3O8/c1-16(2)25(31-28(38)27(37)29-21-9-5-7-17-6-3-4-8-20(17)21)26(36)30-22(14-24(34)35)23(33)15-39-19-12-10-18(32)11-13-19/h3-13,16,22,25,32H,14-15H2,1-2H3,(H,29,37)(H,30,36)(H,31,38)(H,34,35)/t22-,25-/m0/s1. The molecule has 0 heterocycles. The van der Waals surface area contributed by atoms with Crippen LogP contribution in [0.3, 0.4) is 0 Å². The number of ether oxygens (including phenoxy) is 1. The van der Waals surface area contributed by atoms with Gasteiger partial charge in [-0.2, -0.15) is 0 Å². The maximum absolute atomic E-state index is 13.0. The monoisotopic (exact) mass is 535 g/mol. The summed E-state index contributed by atoms with van der Waals surface area (Å²) in [5.74, 6) is -5.21. The Morgan fingerprint density at radius 1 is 0.846 bits per heavy atom. The second-order valence-corrected chi connectivity index (χ2v) is 9.08. The van der Waals surface area contributed by atoms with Crippen LogP contribution in [-0.4, -0.2) is 58.4 Å². The van der Waals surface area contributed by atoms with Gasteiger partial charge in [-0.3, -0.25) is 24.0 Å². The van der Waals surface area contributed by atoms with Crippen molar-refractivity contribution >= 4 is 45.9 Å². The van der Waals surface area contributed by atoms with Crippen molar-refractivity contribution in [2.24, 2.45) is 5.92 Å². The molecule has 0 saturated carbocycles. The number of aliphatic carboxylic acids is 1. The van der Waals surface area contributed by atoms with Crippen molar-refractivity contribution in [2.75, 3.05) is 11.9 Å². The molecule has 0 bridgehead atoms. The van der Waals surface area contributed by atoms with Gasteiger partial charge in [-0.05, 0) is 41.6 Å². The molecule has 3 rings (SSSR count). The van der Waals surface area contributed by atoms with Gasteiger partial charge >= 0.3 is 17.8 Å². The van der Waals surface area contributed by atoms with Crippen molar-refractivity contribution in [3.05, 3.63) is 66.7 Å². The number of anilines is 1. The van der Waals surface area contributed by atoms with Crippen LogP contribution in [0, 0.1) is 5.92 Å². The summed E-state index contributed by atoms with van der Waals surface area (Å²) in [6.45, 7) is 2.69. The van der Waals surface area contributed by atoms with Gasteiger partial charge in [-0.1, -0.05) is 50.2 Å². The lowest BCUT2D eigenvalue weighted by Gasteiger charge is -2.24. The van der Waals surface area contributed by atoms with Gasteiger partial charge in [-0.15, -0.1) is 0 Å². The molecule has 0 aliphatic heterocycles. The highest BCUT2D eigenvalue weighted by molar-refractivity contribution is 6.40. The Labute approximate surface area is 224 Å². The molecule has 0 spiro atoms. The fourth-order valence-corrected chi connectivity index (χ4v) is 3.73. The first-order chi connectivity index (χ1) is 18.5. The number of hydrogen-bond acceptors (Lipinski definition) is 7. The van der Waals surface area contributed by atoms with E-state index in [9.17, 15) is 34.2 Å². The summed E-state index contributed by atoms with van der Waals surface area (Å²) in [6, 6.07) is 15.4. The van der Waals surface area contributed by atoms with Crippen molar-refractivity contribution < 1.29 is 38.9 Å². The molecule has 3 aromatic rings. The summed E-state index contributed by atoms with van der Waals surface area (Å²) < 4.78 is 5.33. The Balaban J connectivity index is 1.65. The first-order valence-electron chi connectivity index (χ1n) is 12.1. The maximum atomic E-state index is 13.0. The van der Waals surface area contributed by atoms with Crippen LogP contribution in [0.25, 0.3) is 10.8 Å². The SMILES string of the molecule is CC(C)[C@H](NC(=O)C(=O)Nc1cccc2ccccc12)C(=O)N[C@@H](CC(=O)O)C(=O)COc1ccc(O)cc1. The van der Waals surface area contributed by atoms with Gasteiger partial charge in [0, 0.05) is 11.1 Å². The molecule has 0 aliphatic carbocycles. The van der Waals surface area contributed by atoms with Crippen LogP contribution in [0.1, 0.15) is 20.3 Å². The number of carboxylic acids is 1. The minimum Gasteiger partial charge on any atom is -0.508 e. The number of fused-ring (bicyclic) bond motifs is 1. The molecule has 39 heavy (non-hydrogen) atoms. The number of rotatable bonds is 11. The fraction of sp³-hybridized carbons (Fsp3) is 0.250. The minimum absolute atomic E-state index is 0.00253. The van der Waals surface area contributed by atoms with E-state index in [0.29, 0.717) is 5.69 Å². The average molecular weight is 536 g/mol. The lowest BCUT2D eigenvalue weighted by Crippen LogP contribution is -2.56. The predicted molar refractivity (Wildman–Crippen MR) is 142 cm³/mol. The zero-order valence-corrected chi connectivity index (χ0v) is 21.3. The topological polar surface area (TPSA) is 171 Å². The van der Waals surface area contributed by atoms with Gasteiger partial charge in [0.2, 0.25) is 5.91 Å². The smallest absolute Gasteiger partial charge is 0.313 e. The highest BCUT2D eigenvalue weighted by atomic mass is 16.5. The van der Waals surface area contributed by atoms with Crippen LogP contribution >= 0.6 is 0 Å². The Hall–Kier alpha value is -4.93. The molecule has 2 atom stereocenters. The third-order valence-electron chi connectivity index (χ3n) is 5.78. The Morgan fingerprint density at radius 3 is 2.18 bits per heavy atom. The van der Waals surface area contributed by atoms with Gasteiger partial charge in [0.1, 0.15) is 30.2 Å². The summed E-state index contributed by atoms with van der Waals surface area (Å²) in [7, 11) is 0. The van der Waals surface area contributed by atoms with Gasteiger partial charge in [0.15, 0.2) is 5.78 Å². The molecule has 0 aliphatic rings. The summed E-state index contributed by atoms with van der Waals surface area (Å²) in [4.78, 5) is 62.4. The number of phenols is 1. The van der Waals surface area contributed by atoms with E-state index in [1.807, 2.05) is 18.2 Å². The van der Waals surface area contributed by atoms with E-state index in [4.69, 9.17) is 4.74 Å². The summed E-state index contributed by atoms with van der Waals surface area (Å²) in [6.07, 6.45) is -0.718. The van der Waals surface area contributed by atoms with Crippen LogP contribution in [-0.2, 0) is 24.0 Å². The zero-order valence-electron chi connectivity index (χ0n) is 21.3. The highest BCUT2D eigenvalue weighted by Gasteiger charge is 2.31. The van der Waals surface area contributed by atoms with Crippen molar-refractivity contribution in [3.8, 4) is 11.5 Å². The number of amides is 3. The van der Waals surface area contributed by atoms with Crippen LogP contribution in [0.4, 0.5) is 5.69 Å². The van der Waals surface area contributed by atoms with Crippen LogP contribution < -0.4 is 20.7 Å². The maximum Gasteiger partial charge on any atom is 0.313 e.